The van der Waals surface area contributed by atoms with E-state index in [9.17, 15) is 14.4 Å². The van der Waals surface area contributed by atoms with Gasteiger partial charge in [0.25, 0.3) is 0 Å². The molecule has 0 saturated carbocycles. The van der Waals surface area contributed by atoms with Crippen molar-refractivity contribution in [2.75, 3.05) is 19.6 Å². The number of hydrogen-bond acceptors (Lipinski definition) is 6. The number of nitrogens with zero attached hydrogens (tertiary/aromatic N) is 1. The summed E-state index contributed by atoms with van der Waals surface area (Å²) >= 11 is 0. The number of carbonyl (C=O) groups is 3. The Morgan fingerprint density at radius 2 is 1.70 bits per heavy atom. The number of nitrogens with one attached hydrogen (secondary N) is 2. The van der Waals surface area contributed by atoms with Gasteiger partial charge in [0.05, 0.1) is 6.17 Å². The highest BCUT2D eigenvalue weighted by molar-refractivity contribution is 5.94. The first-order valence-electron chi connectivity index (χ1n) is 15.7. The quantitative estimate of drug-likeness (QED) is 0.227. The molecule has 0 saturated heterocycles. The molecule has 0 bridgehead atoms. The van der Waals surface area contributed by atoms with Gasteiger partial charge in [-0.15, -0.1) is 0 Å². The first-order valence-corrected chi connectivity index (χ1v) is 15.7. The zero-order valence-electron chi connectivity index (χ0n) is 25.6. The molecule has 43 heavy (non-hydrogen) atoms. The lowest BCUT2D eigenvalue weighted by Gasteiger charge is -2.27. The highest BCUT2D eigenvalue weighted by Crippen LogP contribution is 2.33. The Bertz CT molecular complexity index is 1300. The Balaban J connectivity index is 1.30. The summed E-state index contributed by atoms with van der Waals surface area (Å²) in [6.07, 6.45) is 15.3. The monoisotopic (exact) mass is 586 g/mol. The summed E-state index contributed by atoms with van der Waals surface area (Å²) in [5, 5.41) is 6.46. The van der Waals surface area contributed by atoms with Crippen LogP contribution in [0.3, 0.4) is 0 Å². The predicted octanol–water partition coefficient (Wildman–Crippen LogP) is 4.75. The van der Waals surface area contributed by atoms with Crippen molar-refractivity contribution < 1.29 is 19.1 Å². The van der Waals surface area contributed by atoms with E-state index in [-0.39, 0.29) is 43.0 Å². The van der Waals surface area contributed by atoms with Crippen molar-refractivity contribution >= 4 is 17.8 Å². The van der Waals surface area contributed by atoms with Crippen LogP contribution in [0, 0.1) is 0 Å². The minimum Gasteiger partial charge on any atom is -0.461 e. The third kappa shape index (κ3) is 9.37. The maximum atomic E-state index is 13.3. The normalized spacial score (nSPS) is 19.8. The summed E-state index contributed by atoms with van der Waals surface area (Å²) in [5.74, 6) is -0.268. The van der Waals surface area contributed by atoms with Crippen molar-refractivity contribution in [1.82, 2.24) is 15.5 Å². The van der Waals surface area contributed by atoms with Crippen LogP contribution in [-0.4, -0.2) is 54.5 Å². The Kier molecular flexibility index (Phi) is 12.1. The second-order valence-electron chi connectivity index (χ2n) is 11.4. The third-order valence-corrected chi connectivity index (χ3v) is 7.99. The second kappa shape index (κ2) is 16.2. The van der Waals surface area contributed by atoms with Gasteiger partial charge in [0.15, 0.2) is 0 Å². The highest BCUT2D eigenvalue weighted by atomic mass is 16.5. The molecule has 0 radical (unpaired) electrons. The van der Waals surface area contributed by atoms with Crippen LogP contribution in [-0.2, 0) is 25.7 Å². The zero-order chi connectivity index (χ0) is 30.6. The van der Waals surface area contributed by atoms with Crippen molar-refractivity contribution in [3.63, 3.8) is 0 Å². The number of benzene rings is 1. The fourth-order valence-electron chi connectivity index (χ4n) is 5.73. The van der Waals surface area contributed by atoms with Crippen LogP contribution in [0.2, 0.25) is 0 Å². The summed E-state index contributed by atoms with van der Waals surface area (Å²) < 4.78 is 5.30. The molecule has 1 aromatic carbocycles. The second-order valence-corrected chi connectivity index (χ2v) is 11.4. The number of ether oxygens (including phenoxy) is 1. The smallest absolute Gasteiger partial charge is 0.306 e. The van der Waals surface area contributed by atoms with Gasteiger partial charge >= 0.3 is 5.97 Å². The van der Waals surface area contributed by atoms with Gasteiger partial charge < -0.3 is 20.7 Å². The average molecular weight is 587 g/mol. The van der Waals surface area contributed by atoms with Crippen molar-refractivity contribution in [3.8, 4) is 0 Å². The molecule has 2 aliphatic carbocycles. The lowest BCUT2D eigenvalue weighted by atomic mass is 9.84. The molecule has 2 amide bonds. The molecule has 0 fully saturated rings. The summed E-state index contributed by atoms with van der Waals surface area (Å²) in [4.78, 5) is 39.9. The van der Waals surface area contributed by atoms with Crippen LogP contribution in [0.1, 0.15) is 70.8 Å². The highest BCUT2D eigenvalue weighted by Gasteiger charge is 2.29. The van der Waals surface area contributed by atoms with E-state index in [0.717, 1.165) is 61.1 Å². The minimum atomic E-state index is -0.295. The van der Waals surface area contributed by atoms with E-state index < -0.39 is 0 Å². The number of allylic oxidation sites excluding steroid dienone is 5. The molecule has 230 valence electrons. The molecule has 4 N–H and O–H groups in total. The van der Waals surface area contributed by atoms with Crippen molar-refractivity contribution in [3.05, 3.63) is 94.1 Å². The number of hydrogen-bond donors (Lipinski definition) is 3. The number of carbonyl (C=O) groups excluding carboxylic acids is 3. The van der Waals surface area contributed by atoms with Crippen molar-refractivity contribution in [2.24, 2.45) is 5.73 Å². The van der Waals surface area contributed by atoms with Crippen LogP contribution in [0.5, 0.6) is 0 Å². The van der Waals surface area contributed by atoms with Gasteiger partial charge in [-0.25, -0.2) is 0 Å². The fraction of sp³-hybridized carbons (Fsp3) is 0.457. The maximum absolute atomic E-state index is 13.3. The molecule has 1 aliphatic heterocycles. The standard InChI is InChI=1S/C35H46N4O4/c1-3-19-39(20-4-2)35(42)30-21-29-17-16-28(22-31(29)38-32(36)23-30)26-12-14-27(15-13-26)34(41)37-18-8-11-33(40)43-24-25-9-6-5-7-10-25/h5-7,9-10,12,14,16-17,21,31-32,38H,3-4,8,11,13,15,18-20,22-24,36H2,1-2H3,(H,37,41). The fourth-order valence-corrected chi connectivity index (χ4v) is 5.73. The molecule has 1 aromatic rings. The van der Waals surface area contributed by atoms with E-state index in [1.54, 1.807) is 0 Å². The molecule has 8 heteroatoms. The number of esters is 1. The molecule has 8 nitrogen and oxygen atoms in total. The van der Waals surface area contributed by atoms with E-state index >= 15 is 0 Å². The first kappa shape index (κ1) is 32.2. The van der Waals surface area contributed by atoms with Crippen LogP contribution in [0.25, 0.3) is 0 Å². The lowest BCUT2D eigenvalue weighted by Crippen LogP contribution is -2.45. The van der Waals surface area contributed by atoms with Gasteiger partial charge in [-0.05, 0) is 66.9 Å². The number of fused-ring (bicyclic) bond motifs is 1. The summed E-state index contributed by atoms with van der Waals surface area (Å²) in [7, 11) is 0. The summed E-state index contributed by atoms with van der Waals surface area (Å²) in [5.41, 5.74) is 12.4. The van der Waals surface area contributed by atoms with E-state index in [2.05, 4.69) is 36.6 Å². The molecule has 2 atom stereocenters. The van der Waals surface area contributed by atoms with Gasteiger partial charge in [0, 0.05) is 49.7 Å². The maximum Gasteiger partial charge on any atom is 0.306 e. The zero-order valence-corrected chi connectivity index (χ0v) is 25.6. The van der Waals surface area contributed by atoms with Crippen molar-refractivity contribution in [1.29, 1.82) is 0 Å². The van der Waals surface area contributed by atoms with Gasteiger partial charge in [0.2, 0.25) is 11.8 Å². The lowest BCUT2D eigenvalue weighted by molar-refractivity contribution is -0.145. The molecule has 0 spiro atoms. The van der Waals surface area contributed by atoms with E-state index in [1.165, 1.54) is 11.1 Å². The number of rotatable bonds is 13. The summed E-state index contributed by atoms with van der Waals surface area (Å²) in [6.45, 7) is 6.38. The molecular weight excluding hydrogens is 540 g/mol. The Labute approximate surface area is 255 Å². The predicted molar refractivity (Wildman–Crippen MR) is 169 cm³/mol. The topological polar surface area (TPSA) is 114 Å². The largest absolute Gasteiger partial charge is 0.461 e. The van der Waals surface area contributed by atoms with E-state index in [1.807, 2.05) is 53.5 Å². The Morgan fingerprint density at radius 1 is 0.953 bits per heavy atom. The van der Waals surface area contributed by atoms with Crippen LogP contribution >= 0.6 is 0 Å². The Hall–Kier alpha value is -3.75. The Morgan fingerprint density at radius 3 is 2.40 bits per heavy atom. The third-order valence-electron chi connectivity index (χ3n) is 7.99. The number of nitrogens with two attached hydrogens (primary N) is 1. The average Bonchev–Trinajstić information content (AvgIpc) is 3.19. The molecule has 4 rings (SSSR count). The molecular formula is C35H46N4O4. The number of amides is 2. The van der Waals surface area contributed by atoms with E-state index in [0.29, 0.717) is 25.8 Å². The minimum absolute atomic E-state index is 0.0417. The van der Waals surface area contributed by atoms with Crippen LogP contribution < -0.4 is 16.4 Å². The van der Waals surface area contributed by atoms with Gasteiger partial charge in [-0.2, -0.15) is 0 Å². The first-order chi connectivity index (χ1) is 20.9. The molecule has 3 aliphatic rings. The van der Waals surface area contributed by atoms with Crippen LogP contribution in [0.4, 0.5) is 0 Å². The van der Waals surface area contributed by atoms with E-state index in [4.69, 9.17) is 10.5 Å². The van der Waals surface area contributed by atoms with Gasteiger partial charge in [-0.1, -0.05) is 68.5 Å². The molecule has 2 unspecified atom stereocenters. The van der Waals surface area contributed by atoms with Crippen LogP contribution in [0.15, 0.2) is 88.6 Å². The molecule has 1 heterocycles. The van der Waals surface area contributed by atoms with Gasteiger partial charge in [-0.3, -0.25) is 19.7 Å². The summed E-state index contributed by atoms with van der Waals surface area (Å²) in [6, 6.07) is 9.62. The van der Waals surface area contributed by atoms with Crippen molar-refractivity contribution in [2.45, 2.75) is 84.0 Å². The molecule has 0 aromatic heterocycles. The SMILES string of the molecule is CCCN(CCC)C(=O)C1=CC2=CC=C(C3=CC=C(C(=O)NCCCC(=O)OCc4ccccc4)CC3)CC2NC(N)C1. The van der Waals surface area contributed by atoms with Gasteiger partial charge in [0.1, 0.15) is 6.61 Å².